The molecule has 3 fully saturated rings. The predicted octanol–water partition coefficient (Wildman–Crippen LogP) is 3.20. The van der Waals surface area contributed by atoms with E-state index in [0.717, 1.165) is 13.0 Å². The van der Waals surface area contributed by atoms with Gasteiger partial charge in [0.15, 0.2) is 5.60 Å². The first-order chi connectivity index (χ1) is 6.86. The third-order valence-corrected chi connectivity index (χ3v) is 7.61. The van der Waals surface area contributed by atoms with Crippen LogP contribution in [-0.2, 0) is 4.74 Å². The van der Waals surface area contributed by atoms with E-state index in [1.54, 1.807) is 0 Å². The summed E-state index contributed by atoms with van der Waals surface area (Å²) < 4.78 is 5.53. The maximum absolute atomic E-state index is 9.55. The third-order valence-electron chi connectivity index (χ3n) is 5.39. The smallest absolute Gasteiger partial charge is 0.185 e. The van der Waals surface area contributed by atoms with Gasteiger partial charge < -0.3 is 4.74 Å². The van der Waals surface area contributed by atoms with Gasteiger partial charge >= 0.3 is 0 Å². The van der Waals surface area contributed by atoms with Gasteiger partial charge in [-0.2, -0.15) is 5.26 Å². The van der Waals surface area contributed by atoms with Crippen molar-refractivity contribution in [1.29, 1.82) is 5.26 Å². The molecule has 0 N–H and O–H groups in total. The molecule has 2 nitrogen and oxygen atoms in total. The molecule has 0 spiro atoms. The number of hydrogen-bond acceptors (Lipinski definition) is 2. The normalized spacial score (nSPS) is 59.5. The van der Waals surface area contributed by atoms with Gasteiger partial charge in [-0.15, -0.1) is 0 Å². The van der Waals surface area contributed by atoms with E-state index in [-0.39, 0.29) is 14.1 Å². The summed E-state index contributed by atoms with van der Waals surface area (Å²) in [5.74, 6) is 0.489. The Bertz CT molecular complexity index is 391. The molecule has 0 aromatic carbocycles. The first-order valence-electron chi connectivity index (χ1n) is 5.29. The van der Waals surface area contributed by atoms with Crippen LogP contribution in [0.3, 0.4) is 0 Å². The molecular formula is C11H13Br2NO. The molecule has 4 bridgehead atoms. The van der Waals surface area contributed by atoms with Gasteiger partial charge in [0.05, 0.1) is 6.61 Å². The van der Waals surface area contributed by atoms with Crippen LogP contribution < -0.4 is 0 Å². The second-order valence-electron chi connectivity index (χ2n) is 5.55. The first kappa shape index (κ1) is 10.6. The zero-order valence-corrected chi connectivity index (χ0v) is 12.0. The van der Waals surface area contributed by atoms with Crippen molar-refractivity contribution in [2.24, 2.45) is 16.7 Å². The molecule has 1 saturated heterocycles. The summed E-state index contributed by atoms with van der Waals surface area (Å²) in [4.78, 5) is 0. The average Bonchev–Trinajstić information content (AvgIpc) is 2.56. The number of hydrogen-bond donors (Lipinski definition) is 0. The second-order valence-corrected chi connectivity index (χ2v) is 9.11. The Labute approximate surface area is 107 Å². The minimum absolute atomic E-state index is 0.0214. The first-order valence-corrected chi connectivity index (χ1v) is 6.87. The molecule has 2 aliphatic carbocycles. The van der Waals surface area contributed by atoms with E-state index in [9.17, 15) is 5.26 Å². The molecule has 0 aromatic heterocycles. The Morgan fingerprint density at radius 1 is 1.40 bits per heavy atom. The minimum atomic E-state index is -0.697. The van der Waals surface area contributed by atoms with Gasteiger partial charge in [-0.3, -0.25) is 0 Å². The van der Waals surface area contributed by atoms with Gasteiger partial charge in [0.25, 0.3) is 0 Å². The second kappa shape index (κ2) is 2.47. The van der Waals surface area contributed by atoms with Crippen molar-refractivity contribution in [1.82, 2.24) is 0 Å². The molecule has 0 amide bonds. The fourth-order valence-electron chi connectivity index (χ4n) is 4.20. The van der Waals surface area contributed by atoms with Gasteiger partial charge in [0, 0.05) is 10.8 Å². The van der Waals surface area contributed by atoms with E-state index >= 15 is 0 Å². The van der Waals surface area contributed by atoms with E-state index in [1.807, 2.05) is 0 Å². The molecule has 2 saturated carbocycles. The topological polar surface area (TPSA) is 33.0 Å². The Hall–Kier alpha value is 0.410. The minimum Gasteiger partial charge on any atom is -0.356 e. The predicted molar refractivity (Wildman–Crippen MR) is 63.8 cm³/mol. The average molecular weight is 335 g/mol. The molecule has 0 unspecified atom stereocenters. The van der Waals surface area contributed by atoms with Crippen LogP contribution in [-0.4, -0.2) is 15.4 Å². The fraction of sp³-hybridized carbons (Fsp3) is 0.909. The molecule has 1 heterocycles. The summed E-state index contributed by atoms with van der Waals surface area (Å²) in [5, 5.41) is 9.55. The van der Waals surface area contributed by atoms with Crippen LogP contribution in [0.1, 0.15) is 26.7 Å². The molecule has 82 valence electrons. The Morgan fingerprint density at radius 3 is 2.47 bits per heavy atom. The summed E-state index contributed by atoms with van der Waals surface area (Å²) >= 11 is 7.43. The highest BCUT2D eigenvalue weighted by Gasteiger charge is 2.85. The zero-order chi connectivity index (χ0) is 11.1. The van der Waals surface area contributed by atoms with E-state index in [4.69, 9.17) is 4.74 Å². The summed E-state index contributed by atoms with van der Waals surface area (Å²) in [6, 6.07) is 2.44. The third kappa shape index (κ3) is 0.723. The Kier molecular flexibility index (Phi) is 1.74. The largest absolute Gasteiger partial charge is 0.356 e. The Morgan fingerprint density at radius 2 is 2.07 bits per heavy atom. The number of rotatable bonds is 0. The molecule has 1 aliphatic heterocycles. The number of halogens is 2. The lowest BCUT2D eigenvalue weighted by Gasteiger charge is -2.44. The fourth-order valence-corrected chi connectivity index (χ4v) is 6.95. The number of ether oxygens (including phenoxy) is 1. The molecule has 4 atom stereocenters. The highest BCUT2D eigenvalue weighted by atomic mass is 79.9. The maximum atomic E-state index is 9.55. The van der Waals surface area contributed by atoms with Crippen LogP contribution >= 0.6 is 31.9 Å². The summed E-state index contributed by atoms with van der Waals surface area (Å²) in [6.45, 7) is 5.21. The van der Waals surface area contributed by atoms with Crippen molar-refractivity contribution in [3.05, 3.63) is 0 Å². The van der Waals surface area contributed by atoms with Crippen molar-refractivity contribution in [2.45, 2.75) is 35.5 Å². The van der Waals surface area contributed by atoms with Crippen LogP contribution in [0.4, 0.5) is 0 Å². The van der Waals surface area contributed by atoms with Crippen molar-refractivity contribution in [2.75, 3.05) is 6.61 Å². The van der Waals surface area contributed by atoms with Gasteiger partial charge in [-0.05, 0) is 18.8 Å². The van der Waals surface area contributed by atoms with Crippen molar-refractivity contribution in [3.63, 3.8) is 0 Å². The molecule has 15 heavy (non-hydrogen) atoms. The highest BCUT2D eigenvalue weighted by molar-refractivity contribution is 9.25. The number of alkyl halides is 2. The van der Waals surface area contributed by atoms with E-state index < -0.39 is 5.60 Å². The summed E-state index contributed by atoms with van der Waals surface area (Å²) in [6.07, 6.45) is 2.27. The molecule has 4 heteroatoms. The zero-order valence-electron chi connectivity index (χ0n) is 8.81. The lowest BCUT2D eigenvalue weighted by atomic mass is 9.67. The van der Waals surface area contributed by atoms with Crippen LogP contribution in [0.25, 0.3) is 0 Å². The highest BCUT2D eigenvalue weighted by Crippen LogP contribution is 2.81. The van der Waals surface area contributed by atoms with E-state index in [2.05, 4.69) is 51.8 Å². The van der Waals surface area contributed by atoms with Crippen molar-refractivity contribution < 1.29 is 4.74 Å². The van der Waals surface area contributed by atoms with Crippen molar-refractivity contribution in [3.8, 4) is 6.07 Å². The van der Waals surface area contributed by atoms with Gasteiger partial charge in [0.2, 0.25) is 0 Å². The molecular weight excluding hydrogens is 322 g/mol. The van der Waals surface area contributed by atoms with Crippen LogP contribution in [0.15, 0.2) is 0 Å². The standard InChI is InChI=1S/C11H13Br2NO/c1-8-6-15-10(5-14)9(8,2)4-3-7(8)11(10,12)13/h7H,3-4,6H2,1-2H3/t7-,8-,9+,10-/m1/s1. The SMILES string of the molecule is C[C@@]12CC[C@H]3C(Br)(Br)[C@]1(C#N)OC[C@]32C. The van der Waals surface area contributed by atoms with Crippen LogP contribution in [0.5, 0.6) is 0 Å². The maximum Gasteiger partial charge on any atom is 0.185 e. The molecule has 3 rings (SSSR count). The quantitative estimate of drug-likeness (QED) is 0.637. The molecule has 0 aromatic rings. The van der Waals surface area contributed by atoms with E-state index in [0.29, 0.717) is 5.92 Å². The monoisotopic (exact) mass is 333 g/mol. The van der Waals surface area contributed by atoms with Gasteiger partial charge in [-0.1, -0.05) is 45.7 Å². The lowest BCUT2D eigenvalue weighted by molar-refractivity contribution is -0.0411. The van der Waals surface area contributed by atoms with Crippen LogP contribution in [0.2, 0.25) is 0 Å². The summed E-state index contributed by atoms with van der Waals surface area (Å²) in [7, 11) is 0. The number of nitriles is 1. The lowest BCUT2D eigenvalue weighted by Crippen LogP contribution is -2.54. The van der Waals surface area contributed by atoms with Crippen LogP contribution in [0, 0.1) is 28.1 Å². The molecule has 0 radical (unpaired) electrons. The number of nitrogens with zero attached hydrogens (tertiary/aromatic N) is 1. The molecule has 3 aliphatic rings. The summed E-state index contributed by atoms with van der Waals surface area (Å²) in [5.41, 5.74) is -0.584. The van der Waals surface area contributed by atoms with E-state index in [1.165, 1.54) is 6.42 Å². The van der Waals surface area contributed by atoms with Crippen molar-refractivity contribution >= 4 is 31.9 Å². The Balaban J connectivity index is 2.30. The van der Waals surface area contributed by atoms with Gasteiger partial charge in [0.1, 0.15) is 9.30 Å². The van der Waals surface area contributed by atoms with Gasteiger partial charge in [-0.25, -0.2) is 0 Å².